The minimum atomic E-state index is -1.50. The van der Waals surface area contributed by atoms with Crippen LogP contribution < -0.4 is 23.7 Å². The number of carboxylic acid groups (broad SMARTS) is 1. The molecule has 0 saturated heterocycles. The van der Waals surface area contributed by atoms with E-state index >= 15 is 0 Å². The van der Waals surface area contributed by atoms with Crippen molar-refractivity contribution in [2.24, 2.45) is 0 Å². The summed E-state index contributed by atoms with van der Waals surface area (Å²) in [5.41, 5.74) is 4.62. The number of nitrogens with zero attached hydrogens (tertiary/aromatic N) is 4. The normalized spacial score (nSPS) is 15.1. The molecule has 12 nitrogen and oxygen atoms in total. The molecule has 5 heterocycles. The van der Waals surface area contributed by atoms with Gasteiger partial charge in [-0.25, -0.2) is 29.1 Å². The van der Waals surface area contributed by atoms with E-state index in [1.165, 1.54) is 29.8 Å². The average molecular weight is 870 g/mol. The van der Waals surface area contributed by atoms with Crippen LogP contribution in [0.2, 0.25) is 10.0 Å². The molecule has 7 aromatic rings. The predicted octanol–water partition coefficient (Wildman–Crippen LogP) is 9.34. The smallest absolute Gasteiger partial charge is 0.345 e. The van der Waals surface area contributed by atoms with Crippen molar-refractivity contribution in [3.05, 3.63) is 124 Å². The standard InChI is InChI=1S/C44H35Cl2FN4O8S/c1-22-34-23(2)38(46)39(37(22)45)58-29(18-52)20-56-28-12-13-31(57-19-27-14-15-48-41(51-27)30-6-4-5-7-32(30)55-3)25(16-28)17-33(44(53)54)59-42-36-35(34)40(60-43(36)50-21-49-42)24-8-10-26(47)11-9-24/h4-16,21,29,33,52H,17-20H2,1-3H3,(H,53,54)/t29-,33-/m1/s1. The highest BCUT2D eigenvalue weighted by molar-refractivity contribution is 7.22. The van der Waals surface area contributed by atoms with Gasteiger partial charge in [-0.3, -0.25) is 0 Å². The zero-order valence-corrected chi connectivity index (χ0v) is 34.6. The summed E-state index contributed by atoms with van der Waals surface area (Å²) in [4.78, 5) is 32.4. The van der Waals surface area contributed by atoms with Crippen LogP contribution in [-0.2, 0) is 17.8 Å². The number of thiophene rings is 1. The highest BCUT2D eigenvalue weighted by Gasteiger charge is 2.31. The van der Waals surface area contributed by atoms with Crippen molar-refractivity contribution in [1.29, 1.82) is 0 Å². The molecule has 60 heavy (non-hydrogen) atoms. The SMILES string of the molecule is COc1ccccc1-c1nccc(COc2ccc3cc2C[C@H](C(=O)O)Oc2ncnc4sc(-c5ccc(F)cc5)c(c24)-c2c(C)c(Cl)c(c(Cl)c2C)O[C@H](CO)CO3)n1. The largest absolute Gasteiger partial charge is 0.496 e. The van der Waals surface area contributed by atoms with Gasteiger partial charge in [0.05, 0.1) is 40.4 Å². The lowest BCUT2D eigenvalue weighted by molar-refractivity contribution is -0.145. The molecule has 3 aromatic heterocycles. The van der Waals surface area contributed by atoms with Crippen LogP contribution in [0.5, 0.6) is 28.9 Å². The zero-order chi connectivity index (χ0) is 42.1. The van der Waals surface area contributed by atoms with Gasteiger partial charge in [0.25, 0.3) is 0 Å². The summed E-state index contributed by atoms with van der Waals surface area (Å²) in [6.07, 6.45) is 0.305. The minimum absolute atomic E-state index is 0.00526. The van der Waals surface area contributed by atoms with E-state index in [9.17, 15) is 19.4 Å². The average Bonchev–Trinajstić information content (AvgIpc) is 3.65. The zero-order valence-electron chi connectivity index (χ0n) is 32.2. The molecule has 4 aromatic carbocycles. The number of hydrogen-bond donors (Lipinski definition) is 2. The summed E-state index contributed by atoms with van der Waals surface area (Å²) in [7, 11) is 1.57. The number of aromatic nitrogens is 4. The first-order valence-electron chi connectivity index (χ1n) is 18.6. The Morgan fingerprint density at radius 1 is 0.950 bits per heavy atom. The van der Waals surface area contributed by atoms with Crippen molar-refractivity contribution in [3.63, 3.8) is 0 Å². The van der Waals surface area contributed by atoms with Crippen LogP contribution in [0.4, 0.5) is 4.39 Å². The molecule has 306 valence electrons. The second-order valence-electron chi connectivity index (χ2n) is 13.8. The second-order valence-corrected chi connectivity index (χ2v) is 15.5. The predicted molar refractivity (Wildman–Crippen MR) is 225 cm³/mol. The molecule has 0 saturated carbocycles. The quantitative estimate of drug-likeness (QED) is 0.150. The fourth-order valence-corrected chi connectivity index (χ4v) is 8.64. The monoisotopic (exact) mass is 868 g/mol. The summed E-state index contributed by atoms with van der Waals surface area (Å²) in [5.74, 6) is 0.166. The van der Waals surface area contributed by atoms with Gasteiger partial charge in [0.2, 0.25) is 12.0 Å². The number of carboxylic acids is 1. The lowest BCUT2D eigenvalue weighted by atomic mass is 9.92. The van der Waals surface area contributed by atoms with E-state index in [4.69, 9.17) is 51.9 Å². The number of methoxy groups -OCH3 is 1. The van der Waals surface area contributed by atoms with E-state index in [0.29, 0.717) is 82.8 Å². The van der Waals surface area contributed by atoms with Gasteiger partial charge in [-0.15, -0.1) is 11.3 Å². The Labute approximate surface area is 357 Å². The molecule has 0 aliphatic carbocycles. The number of aliphatic carboxylic acids is 1. The summed E-state index contributed by atoms with van der Waals surface area (Å²) in [5, 5.41) is 21.9. The first kappa shape index (κ1) is 40.7. The molecule has 2 atom stereocenters. The van der Waals surface area contributed by atoms with Crippen molar-refractivity contribution >= 4 is 50.7 Å². The molecule has 2 N–H and O–H groups in total. The van der Waals surface area contributed by atoms with Crippen molar-refractivity contribution in [2.75, 3.05) is 20.3 Å². The topological polar surface area (TPSA) is 155 Å². The Morgan fingerprint density at radius 2 is 1.72 bits per heavy atom. The maximum absolute atomic E-state index is 14.2. The Morgan fingerprint density at radius 3 is 2.45 bits per heavy atom. The highest BCUT2D eigenvalue weighted by atomic mass is 35.5. The Balaban J connectivity index is 1.25. The molecule has 16 heteroatoms. The number of benzene rings is 4. The number of hydrogen-bond acceptors (Lipinski definition) is 12. The van der Waals surface area contributed by atoms with Crippen molar-refractivity contribution in [1.82, 2.24) is 19.9 Å². The molecular weight excluding hydrogens is 834 g/mol. The van der Waals surface area contributed by atoms with Crippen LogP contribution in [-0.4, -0.2) is 68.6 Å². The number of carbonyl (C=O) groups is 1. The molecule has 0 fully saturated rings. The number of fused-ring (bicyclic) bond motifs is 7. The van der Waals surface area contributed by atoms with Gasteiger partial charge < -0.3 is 33.9 Å². The molecule has 0 radical (unpaired) electrons. The summed E-state index contributed by atoms with van der Waals surface area (Å²) >= 11 is 15.4. The van der Waals surface area contributed by atoms with Crippen LogP contribution in [0, 0.1) is 19.7 Å². The number of halogens is 3. The number of para-hydroxylation sites is 1. The molecule has 0 unspecified atom stereocenters. The number of aliphatic hydroxyl groups excluding tert-OH is 1. The summed E-state index contributed by atoms with van der Waals surface area (Å²) in [6, 6.07) is 20.0. The first-order valence-corrected chi connectivity index (χ1v) is 20.1. The fourth-order valence-electron chi connectivity index (χ4n) is 6.98. The summed E-state index contributed by atoms with van der Waals surface area (Å²) in [6.45, 7) is 3.01. The summed E-state index contributed by atoms with van der Waals surface area (Å²) < 4.78 is 44.8. The van der Waals surface area contributed by atoms with Crippen molar-refractivity contribution in [2.45, 2.75) is 39.1 Å². The van der Waals surface area contributed by atoms with E-state index < -0.39 is 30.6 Å². The van der Waals surface area contributed by atoms with Gasteiger partial charge in [-0.05, 0) is 84.6 Å². The Bertz CT molecular complexity index is 2720. The third kappa shape index (κ3) is 7.98. The number of ether oxygens (including phenoxy) is 5. The Hall–Kier alpha value is -6.06. The van der Waals surface area contributed by atoms with Crippen molar-refractivity contribution in [3.8, 4) is 61.8 Å². The first-order chi connectivity index (χ1) is 29.0. The molecule has 9 rings (SSSR count). The van der Waals surface area contributed by atoms with E-state index in [1.807, 2.05) is 24.3 Å². The maximum Gasteiger partial charge on any atom is 0.345 e. The molecule has 2 aliphatic heterocycles. The van der Waals surface area contributed by atoms with Gasteiger partial charge >= 0.3 is 5.97 Å². The van der Waals surface area contributed by atoms with Gasteiger partial charge in [0.15, 0.2) is 17.7 Å². The van der Waals surface area contributed by atoms with Crippen LogP contribution in [0.1, 0.15) is 22.4 Å². The lowest BCUT2D eigenvalue weighted by Gasteiger charge is -2.23. The molecule has 2 aliphatic rings. The van der Waals surface area contributed by atoms with Crippen LogP contribution >= 0.6 is 34.5 Å². The van der Waals surface area contributed by atoms with E-state index in [0.717, 1.165) is 0 Å². The van der Waals surface area contributed by atoms with E-state index in [-0.39, 0.29) is 41.3 Å². The third-order valence-electron chi connectivity index (χ3n) is 9.94. The lowest BCUT2D eigenvalue weighted by Crippen LogP contribution is -2.30. The van der Waals surface area contributed by atoms with Gasteiger partial charge in [0.1, 0.15) is 47.4 Å². The fraction of sp³-hybridized carbons (Fsp3) is 0.205. The third-order valence-corrected chi connectivity index (χ3v) is 12.0. The van der Waals surface area contributed by atoms with E-state index in [1.54, 1.807) is 63.6 Å². The molecular formula is C44H35Cl2FN4O8S. The molecule has 0 amide bonds. The van der Waals surface area contributed by atoms with Crippen LogP contribution in [0.3, 0.4) is 0 Å². The van der Waals surface area contributed by atoms with Crippen LogP contribution in [0.15, 0.2) is 85.3 Å². The molecule has 4 bridgehead atoms. The minimum Gasteiger partial charge on any atom is -0.496 e. The maximum atomic E-state index is 14.2. The second kappa shape index (κ2) is 17.3. The highest BCUT2D eigenvalue weighted by Crippen LogP contribution is 2.53. The van der Waals surface area contributed by atoms with Gasteiger partial charge in [-0.2, -0.15) is 0 Å². The van der Waals surface area contributed by atoms with Gasteiger partial charge in [0, 0.05) is 28.6 Å². The van der Waals surface area contributed by atoms with Gasteiger partial charge in [-0.1, -0.05) is 47.5 Å². The Kier molecular flexibility index (Phi) is 11.7. The molecule has 0 spiro atoms. The van der Waals surface area contributed by atoms with Crippen LogP contribution in [0.25, 0.3) is 43.2 Å². The number of rotatable bonds is 8. The number of aliphatic hydroxyl groups is 1. The van der Waals surface area contributed by atoms with Crippen molar-refractivity contribution < 1.29 is 43.1 Å². The van der Waals surface area contributed by atoms with E-state index in [2.05, 4.69) is 15.0 Å².